The van der Waals surface area contributed by atoms with Gasteiger partial charge in [-0.25, -0.2) is 14.6 Å². The van der Waals surface area contributed by atoms with Crippen LogP contribution in [0.15, 0.2) is 67.5 Å². The van der Waals surface area contributed by atoms with Crippen LogP contribution in [0.4, 0.5) is 24.7 Å². The number of para-hydroxylation sites is 1. The van der Waals surface area contributed by atoms with Gasteiger partial charge in [0.2, 0.25) is 5.91 Å². The van der Waals surface area contributed by atoms with E-state index < -0.39 is 17.5 Å². The van der Waals surface area contributed by atoms with E-state index in [0.29, 0.717) is 16.9 Å². The van der Waals surface area contributed by atoms with Gasteiger partial charge >= 0.3 is 6.18 Å². The Labute approximate surface area is 191 Å². The summed E-state index contributed by atoms with van der Waals surface area (Å²) in [4.78, 5) is 22.2. The Balaban J connectivity index is 1.74. The van der Waals surface area contributed by atoms with Gasteiger partial charge in [0.1, 0.15) is 23.1 Å². The number of carbonyl (C=O) groups is 1. The Hall–Kier alpha value is -4.41. The zero-order valence-electron chi connectivity index (χ0n) is 17.7. The van der Waals surface area contributed by atoms with Crippen LogP contribution in [0.25, 0.3) is 16.7 Å². The highest BCUT2D eigenvalue weighted by atomic mass is 19.4. The molecule has 0 saturated heterocycles. The maximum absolute atomic E-state index is 13.1. The monoisotopic (exact) mass is 468 g/mol. The molecule has 4 aromatic rings. The summed E-state index contributed by atoms with van der Waals surface area (Å²) in [5, 5.41) is 14.4. The van der Waals surface area contributed by atoms with Gasteiger partial charge in [0, 0.05) is 24.7 Å². The van der Waals surface area contributed by atoms with Crippen molar-refractivity contribution in [2.45, 2.75) is 12.6 Å². The molecule has 34 heavy (non-hydrogen) atoms. The highest BCUT2D eigenvalue weighted by Gasteiger charge is 2.34. The molecule has 2 aromatic heterocycles. The van der Waals surface area contributed by atoms with Crippen LogP contribution >= 0.6 is 0 Å². The zero-order chi connectivity index (χ0) is 24.5. The Morgan fingerprint density at radius 2 is 1.91 bits per heavy atom. The summed E-state index contributed by atoms with van der Waals surface area (Å²) < 4.78 is 40.4. The first-order valence-electron chi connectivity index (χ1n) is 10.1. The summed E-state index contributed by atoms with van der Waals surface area (Å²) in [7, 11) is 0. The van der Waals surface area contributed by atoms with E-state index in [1.54, 1.807) is 24.3 Å². The lowest BCUT2D eigenvalue weighted by atomic mass is 10.1. The van der Waals surface area contributed by atoms with Crippen molar-refractivity contribution < 1.29 is 23.1 Å². The number of rotatable bonds is 6. The summed E-state index contributed by atoms with van der Waals surface area (Å²) in [6.07, 6.45) is -2.00. The first kappa shape index (κ1) is 22.8. The molecular weight excluding hydrogens is 449 g/mol. The summed E-state index contributed by atoms with van der Waals surface area (Å²) in [6, 6.07) is 11.9. The lowest BCUT2D eigenvalue weighted by molar-refractivity contribution is -0.138. The molecule has 4 rings (SSSR count). The minimum atomic E-state index is -4.71. The molecule has 0 saturated carbocycles. The molecule has 0 unspecified atom stereocenters. The van der Waals surface area contributed by atoms with E-state index in [-0.39, 0.29) is 35.9 Å². The van der Waals surface area contributed by atoms with Gasteiger partial charge in [-0.05, 0) is 30.3 Å². The second-order valence-electron chi connectivity index (χ2n) is 7.29. The SMILES string of the molecule is C=CC(=O)N(CCc1nn(-c2ccc(C(F)(F)F)c(O)c2)c2c(N)ncnc12)c1ccccc1. The van der Waals surface area contributed by atoms with Gasteiger partial charge in [-0.3, -0.25) is 4.79 Å². The third kappa shape index (κ3) is 4.27. The third-order valence-corrected chi connectivity index (χ3v) is 5.17. The maximum Gasteiger partial charge on any atom is 0.419 e. The topological polar surface area (TPSA) is 110 Å². The predicted octanol–water partition coefficient (Wildman–Crippen LogP) is 3.88. The molecule has 0 radical (unpaired) electrons. The van der Waals surface area contributed by atoms with E-state index in [1.165, 1.54) is 28.1 Å². The fourth-order valence-corrected chi connectivity index (χ4v) is 3.58. The summed E-state index contributed by atoms with van der Waals surface area (Å²) in [6.45, 7) is 3.77. The number of anilines is 2. The van der Waals surface area contributed by atoms with E-state index in [9.17, 15) is 23.1 Å². The average molecular weight is 468 g/mol. The van der Waals surface area contributed by atoms with E-state index in [0.717, 1.165) is 12.1 Å². The number of alkyl halides is 3. The Kier molecular flexibility index (Phi) is 5.93. The summed E-state index contributed by atoms with van der Waals surface area (Å²) >= 11 is 0. The van der Waals surface area contributed by atoms with E-state index in [1.807, 2.05) is 6.07 Å². The number of carbonyl (C=O) groups excluding carboxylic acids is 1. The van der Waals surface area contributed by atoms with Gasteiger partial charge in [0.05, 0.1) is 16.9 Å². The number of nitrogens with zero attached hydrogens (tertiary/aromatic N) is 5. The number of hydrogen-bond acceptors (Lipinski definition) is 6. The molecular formula is C23H19F3N6O2. The van der Waals surface area contributed by atoms with Crippen LogP contribution in [-0.2, 0) is 17.4 Å². The standard InChI is InChI=1S/C23H19F3N6O2/c1-2-19(34)31(14-6-4-3-5-7-14)11-10-17-20-21(22(27)29-13-28-20)32(30-17)15-8-9-16(18(33)12-15)23(24,25)26/h2-9,12-13,33H,1,10-11H2,(H2,27,28,29). The van der Waals surface area contributed by atoms with Crippen molar-refractivity contribution in [3.63, 3.8) is 0 Å². The van der Waals surface area contributed by atoms with Crippen LogP contribution in [0.3, 0.4) is 0 Å². The van der Waals surface area contributed by atoms with Gasteiger partial charge < -0.3 is 15.7 Å². The van der Waals surface area contributed by atoms with Crippen molar-refractivity contribution in [1.82, 2.24) is 19.7 Å². The van der Waals surface area contributed by atoms with Crippen LogP contribution in [0.2, 0.25) is 0 Å². The van der Waals surface area contributed by atoms with Crippen molar-refractivity contribution in [2.75, 3.05) is 17.2 Å². The predicted molar refractivity (Wildman–Crippen MR) is 120 cm³/mol. The van der Waals surface area contributed by atoms with Crippen molar-refractivity contribution in [2.24, 2.45) is 0 Å². The lowest BCUT2D eigenvalue weighted by Gasteiger charge is -2.20. The molecule has 174 valence electrons. The van der Waals surface area contributed by atoms with Crippen molar-refractivity contribution >= 4 is 28.4 Å². The number of fused-ring (bicyclic) bond motifs is 1. The Bertz CT molecular complexity index is 1370. The zero-order valence-corrected chi connectivity index (χ0v) is 17.7. The molecule has 0 spiro atoms. The van der Waals surface area contributed by atoms with Crippen LogP contribution in [-0.4, -0.2) is 37.3 Å². The molecule has 0 bridgehead atoms. The molecule has 0 atom stereocenters. The minimum absolute atomic E-state index is 0.0604. The van der Waals surface area contributed by atoms with E-state index in [2.05, 4.69) is 21.6 Å². The van der Waals surface area contributed by atoms with Gasteiger partial charge in [0.15, 0.2) is 5.82 Å². The number of nitrogens with two attached hydrogens (primary N) is 1. The Morgan fingerprint density at radius 3 is 2.56 bits per heavy atom. The van der Waals surface area contributed by atoms with Crippen LogP contribution in [0, 0.1) is 0 Å². The number of aromatic hydroxyl groups is 1. The summed E-state index contributed by atoms with van der Waals surface area (Å²) in [5.41, 5.74) is 6.77. The average Bonchev–Trinajstić information content (AvgIpc) is 3.19. The van der Waals surface area contributed by atoms with Gasteiger partial charge in [-0.2, -0.15) is 18.3 Å². The first-order chi connectivity index (χ1) is 16.2. The van der Waals surface area contributed by atoms with Crippen molar-refractivity contribution in [3.05, 3.63) is 78.8 Å². The van der Waals surface area contributed by atoms with Crippen molar-refractivity contribution in [1.29, 1.82) is 0 Å². The fraction of sp³-hybridized carbons (Fsp3) is 0.130. The highest BCUT2D eigenvalue weighted by Crippen LogP contribution is 2.37. The summed E-state index contributed by atoms with van der Waals surface area (Å²) in [5.74, 6) is -1.19. The van der Waals surface area contributed by atoms with E-state index >= 15 is 0 Å². The number of phenolic OH excluding ortho intramolecular Hbond substituents is 1. The normalized spacial score (nSPS) is 11.5. The second kappa shape index (κ2) is 8.85. The molecule has 2 heterocycles. The van der Waals surface area contributed by atoms with Gasteiger partial charge in [-0.15, -0.1) is 0 Å². The molecule has 0 aliphatic carbocycles. The smallest absolute Gasteiger partial charge is 0.419 e. The van der Waals surface area contributed by atoms with E-state index in [4.69, 9.17) is 5.73 Å². The first-order valence-corrected chi connectivity index (χ1v) is 10.1. The molecule has 2 aromatic carbocycles. The maximum atomic E-state index is 13.1. The van der Waals surface area contributed by atoms with Crippen LogP contribution in [0.5, 0.6) is 5.75 Å². The second-order valence-corrected chi connectivity index (χ2v) is 7.29. The number of aromatic nitrogens is 4. The largest absolute Gasteiger partial charge is 0.507 e. The number of nitrogen functional groups attached to an aromatic ring is 1. The van der Waals surface area contributed by atoms with Gasteiger partial charge in [-0.1, -0.05) is 24.8 Å². The Morgan fingerprint density at radius 1 is 1.18 bits per heavy atom. The number of phenols is 1. The number of halogens is 3. The molecule has 0 aliphatic rings. The van der Waals surface area contributed by atoms with Gasteiger partial charge in [0.25, 0.3) is 0 Å². The molecule has 0 aliphatic heterocycles. The quantitative estimate of drug-likeness (QED) is 0.416. The van der Waals surface area contributed by atoms with Crippen LogP contribution in [0.1, 0.15) is 11.3 Å². The highest BCUT2D eigenvalue weighted by molar-refractivity contribution is 6.01. The molecule has 0 fully saturated rings. The van der Waals surface area contributed by atoms with Crippen LogP contribution < -0.4 is 10.6 Å². The number of amides is 1. The lowest BCUT2D eigenvalue weighted by Crippen LogP contribution is -2.31. The number of hydrogen-bond donors (Lipinski definition) is 2. The third-order valence-electron chi connectivity index (χ3n) is 5.17. The fourth-order valence-electron chi connectivity index (χ4n) is 3.58. The minimum Gasteiger partial charge on any atom is -0.507 e. The molecule has 3 N–H and O–H groups in total. The molecule has 8 nitrogen and oxygen atoms in total. The van der Waals surface area contributed by atoms with Crippen molar-refractivity contribution in [3.8, 4) is 11.4 Å². The number of benzene rings is 2. The molecule has 1 amide bonds. The molecule has 11 heteroatoms.